The lowest BCUT2D eigenvalue weighted by atomic mass is 9.93. The maximum atomic E-state index is 13.0. The molecular weight excluding hydrogens is 445 g/mol. The maximum Gasteiger partial charge on any atom is 0.417 e. The van der Waals surface area contributed by atoms with Gasteiger partial charge in [-0.15, -0.1) is 0 Å². The number of hydrogen-bond donors (Lipinski definition) is 2. The fraction of sp³-hybridized carbons (Fsp3) is 0.391. The molecule has 2 aromatic rings. The van der Waals surface area contributed by atoms with Crippen molar-refractivity contribution < 1.29 is 27.5 Å². The molecular formula is C23H24ClF3N2O3. The third-order valence-corrected chi connectivity index (χ3v) is 5.67. The Bertz CT molecular complexity index is 956. The summed E-state index contributed by atoms with van der Waals surface area (Å²) >= 11 is 5.60. The zero-order valence-corrected chi connectivity index (χ0v) is 18.2. The molecule has 0 atom stereocenters. The molecule has 0 heterocycles. The highest BCUT2D eigenvalue weighted by molar-refractivity contribution is 6.31. The summed E-state index contributed by atoms with van der Waals surface area (Å²) in [5.41, 5.74) is -0.329. The van der Waals surface area contributed by atoms with Crippen molar-refractivity contribution in [1.29, 1.82) is 0 Å². The van der Waals surface area contributed by atoms with E-state index in [0.29, 0.717) is 30.6 Å². The van der Waals surface area contributed by atoms with Crippen LogP contribution in [0.2, 0.25) is 5.02 Å². The Hall–Kier alpha value is -2.74. The van der Waals surface area contributed by atoms with Crippen molar-refractivity contribution in [2.75, 3.05) is 5.32 Å². The first kappa shape index (κ1) is 23.9. The van der Waals surface area contributed by atoms with Gasteiger partial charge in [-0.2, -0.15) is 13.2 Å². The van der Waals surface area contributed by atoms with E-state index in [1.807, 2.05) is 6.92 Å². The predicted molar refractivity (Wildman–Crippen MR) is 116 cm³/mol. The quantitative estimate of drug-likeness (QED) is 0.478. The van der Waals surface area contributed by atoms with Crippen LogP contribution in [0.3, 0.4) is 0 Å². The molecule has 32 heavy (non-hydrogen) atoms. The van der Waals surface area contributed by atoms with Gasteiger partial charge in [0.15, 0.2) is 5.78 Å². The van der Waals surface area contributed by atoms with E-state index in [9.17, 15) is 22.8 Å². The molecule has 0 aliphatic heterocycles. The van der Waals surface area contributed by atoms with Crippen LogP contribution in [0, 0.1) is 0 Å². The van der Waals surface area contributed by atoms with E-state index in [1.54, 1.807) is 24.3 Å². The molecule has 1 aliphatic carbocycles. The summed E-state index contributed by atoms with van der Waals surface area (Å²) in [6, 6.07) is 9.62. The number of carbonyl (C=O) groups excluding carboxylic acids is 2. The number of ketones is 1. The van der Waals surface area contributed by atoms with E-state index in [-0.39, 0.29) is 23.6 Å². The number of anilines is 1. The number of rotatable bonds is 6. The van der Waals surface area contributed by atoms with Gasteiger partial charge in [-0.05, 0) is 68.1 Å². The van der Waals surface area contributed by atoms with Crippen molar-refractivity contribution in [2.45, 2.75) is 57.3 Å². The van der Waals surface area contributed by atoms with E-state index >= 15 is 0 Å². The van der Waals surface area contributed by atoms with Crippen molar-refractivity contribution in [3.05, 3.63) is 58.6 Å². The molecule has 0 spiro atoms. The van der Waals surface area contributed by atoms with Gasteiger partial charge in [-0.3, -0.25) is 4.79 Å². The van der Waals surface area contributed by atoms with Gasteiger partial charge < -0.3 is 15.4 Å². The molecule has 0 unspecified atom stereocenters. The number of nitrogens with one attached hydrogen (secondary N) is 2. The Morgan fingerprint density at radius 1 is 1.06 bits per heavy atom. The van der Waals surface area contributed by atoms with Gasteiger partial charge in [0, 0.05) is 23.7 Å². The van der Waals surface area contributed by atoms with Crippen LogP contribution in [-0.4, -0.2) is 24.0 Å². The summed E-state index contributed by atoms with van der Waals surface area (Å²) < 4.78 is 44.9. The van der Waals surface area contributed by atoms with Crippen LogP contribution < -0.4 is 15.4 Å². The van der Waals surface area contributed by atoms with Crippen LogP contribution >= 0.6 is 11.6 Å². The van der Waals surface area contributed by atoms with Crippen molar-refractivity contribution in [1.82, 2.24) is 5.32 Å². The molecule has 172 valence electrons. The molecule has 3 rings (SSSR count). The highest BCUT2D eigenvalue weighted by Gasteiger charge is 2.33. The van der Waals surface area contributed by atoms with Crippen LogP contribution in [0.25, 0.3) is 0 Å². The standard InChI is InChI=1S/C23H24ClF3N2O3/c1-2-21(30)14-3-8-17(9-4-14)32-18-10-5-15(6-11-18)28-22(31)29-16-7-12-20(24)19(13-16)23(25,26)27/h3-4,7-9,12-13,15,18H,2,5-6,10-11H2,1H3,(H2,28,29,31). The van der Waals surface area contributed by atoms with Crippen molar-refractivity contribution in [3.8, 4) is 5.75 Å². The Labute approximate surface area is 189 Å². The van der Waals surface area contributed by atoms with E-state index in [1.165, 1.54) is 6.07 Å². The topological polar surface area (TPSA) is 67.4 Å². The smallest absolute Gasteiger partial charge is 0.417 e. The molecule has 9 heteroatoms. The summed E-state index contributed by atoms with van der Waals surface area (Å²) in [6.07, 6.45) is -1.35. The third-order valence-electron chi connectivity index (χ3n) is 5.34. The average Bonchev–Trinajstić information content (AvgIpc) is 2.75. The highest BCUT2D eigenvalue weighted by Crippen LogP contribution is 2.36. The molecule has 1 saturated carbocycles. The van der Waals surface area contributed by atoms with Gasteiger partial charge in [-0.25, -0.2) is 4.79 Å². The Balaban J connectivity index is 1.47. The third kappa shape index (κ3) is 6.38. The molecule has 5 nitrogen and oxygen atoms in total. The van der Waals surface area contributed by atoms with E-state index < -0.39 is 22.8 Å². The van der Waals surface area contributed by atoms with Gasteiger partial charge >= 0.3 is 12.2 Å². The second kappa shape index (κ2) is 10.3. The fourth-order valence-corrected chi connectivity index (χ4v) is 3.84. The number of Topliss-reactive ketones (excluding diaryl/α,β-unsaturated/α-hetero) is 1. The predicted octanol–water partition coefficient (Wildman–Crippen LogP) is 6.46. The number of ether oxygens (including phenoxy) is 1. The molecule has 0 bridgehead atoms. The van der Waals surface area contributed by atoms with Gasteiger partial charge in [0.1, 0.15) is 5.75 Å². The number of alkyl halides is 3. The maximum absolute atomic E-state index is 13.0. The average molecular weight is 469 g/mol. The van der Waals surface area contributed by atoms with E-state index in [4.69, 9.17) is 16.3 Å². The van der Waals surface area contributed by atoms with Gasteiger partial charge in [0.25, 0.3) is 0 Å². The zero-order valence-electron chi connectivity index (χ0n) is 17.5. The summed E-state index contributed by atoms with van der Waals surface area (Å²) in [7, 11) is 0. The first-order valence-electron chi connectivity index (χ1n) is 10.4. The molecule has 1 fully saturated rings. The fourth-order valence-electron chi connectivity index (χ4n) is 3.61. The Morgan fingerprint density at radius 2 is 1.72 bits per heavy atom. The number of hydrogen-bond acceptors (Lipinski definition) is 3. The molecule has 0 radical (unpaired) electrons. The van der Waals surface area contributed by atoms with E-state index in [0.717, 1.165) is 25.0 Å². The normalized spacial score (nSPS) is 18.7. The van der Waals surface area contributed by atoms with Crippen LogP contribution in [0.1, 0.15) is 54.9 Å². The van der Waals surface area contributed by atoms with Gasteiger partial charge in [0.05, 0.1) is 16.7 Å². The van der Waals surface area contributed by atoms with Gasteiger partial charge in [-0.1, -0.05) is 18.5 Å². The van der Waals surface area contributed by atoms with Crippen molar-refractivity contribution >= 4 is 29.1 Å². The highest BCUT2D eigenvalue weighted by atomic mass is 35.5. The molecule has 0 aromatic heterocycles. The lowest BCUT2D eigenvalue weighted by molar-refractivity contribution is -0.137. The lowest BCUT2D eigenvalue weighted by Gasteiger charge is -2.29. The number of amides is 2. The summed E-state index contributed by atoms with van der Waals surface area (Å²) in [5.74, 6) is 0.768. The second-order valence-corrected chi connectivity index (χ2v) is 8.09. The van der Waals surface area contributed by atoms with Crippen molar-refractivity contribution in [3.63, 3.8) is 0 Å². The minimum Gasteiger partial charge on any atom is -0.490 e. The zero-order chi connectivity index (χ0) is 23.3. The molecule has 2 aromatic carbocycles. The molecule has 2 amide bonds. The van der Waals surface area contributed by atoms with Crippen LogP contribution in [-0.2, 0) is 6.18 Å². The van der Waals surface area contributed by atoms with Crippen LogP contribution in [0.4, 0.5) is 23.7 Å². The molecule has 2 N–H and O–H groups in total. The van der Waals surface area contributed by atoms with E-state index in [2.05, 4.69) is 10.6 Å². The minimum atomic E-state index is -4.60. The number of halogens is 4. The summed E-state index contributed by atoms with van der Waals surface area (Å²) in [5, 5.41) is 4.80. The van der Waals surface area contributed by atoms with Crippen LogP contribution in [0.15, 0.2) is 42.5 Å². The number of urea groups is 1. The largest absolute Gasteiger partial charge is 0.490 e. The van der Waals surface area contributed by atoms with Crippen LogP contribution in [0.5, 0.6) is 5.75 Å². The summed E-state index contributed by atoms with van der Waals surface area (Å²) in [4.78, 5) is 23.9. The minimum absolute atomic E-state index is 0.00514. The SMILES string of the molecule is CCC(=O)c1ccc(OC2CCC(NC(=O)Nc3ccc(Cl)c(C(F)(F)F)c3)CC2)cc1. The number of carbonyl (C=O) groups is 2. The Morgan fingerprint density at radius 3 is 2.31 bits per heavy atom. The first-order chi connectivity index (χ1) is 15.2. The molecule has 1 aliphatic rings. The first-order valence-corrected chi connectivity index (χ1v) is 10.8. The van der Waals surface area contributed by atoms with Crippen molar-refractivity contribution in [2.24, 2.45) is 0 Å². The summed E-state index contributed by atoms with van der Waals surface area (Å²) in [6.45, 7) is 1.81. The molecule has 0 saturated heterocycles. The lowest BCUT2D eigenvalue weighted by Crippen LogP contribution is -2.41. The number of benzene rings is 2. The second-order valence-electron chi connectivity index (χ2n) is 7.68. The monoisotopic (exact) mass is 468 g/mol. The Kier molecular flexibility index (Phi) is 7.66. The van der Waals surface area contributed by atoms with Gasteiger partial charge in [0.2, 0.25) is 0 Å².